The third-order valence-electron chi connectivity index (χ3n) is 15.7. The van der Waals surface area contributed by atoms with E-state index in [4.69, 9.17) is 39.4 Å². The van der Waals surface area contributed by atoms with Gasteiger partial charge >= 0.3 is 23.7 Å². The third-order valence-corrected chi connectivity index (χ3v) is 28.0. The van der Waals surface area contributed by atoms with Crippen molar-refractivity contribution in [1.29, 1.82) is 0 Å². The molecule has 2 aromatic heterocycles. The van der Waals surface area contributed by atoms with E-state index in [0.717, 1.165) is 42.3 Å². The van der Waals surface area contributed by atoms with Crippen LogP contribution in [0.3, 0.4) is 0 Å². The van der Waals surface area contributed by atoms with Crippen molar-refractivity contribution in [3.63, 3.8) is 0 Å². The molecule has 10 aromatic rings. The Labute approximate surface area is 536 Å². The summed E-state index contributed by atoms with van der Waals surface area (Å²) in [6.07, 6.45) is 10.8. The van der Waals surface area contributed by atoms with Gasteiger partial charge in [-0.2, -0.15) is 0 Å². The maximum atomic E-state index is 9.75. The predicted molar refractivity (Wildman–Crippen MR) is 355 cm³/mol. The van der Waals surface area contributed by atoms with E-state index in [9.17, 15) is 17.3 Å². The quantitative estimate of drug-likeness (QED) is 0.0779. The molecule has 19 heteroatoms. The largest absolute Gasteiger partial charge is 0.673 e. The van der Waals surface area contributed by atoms with Gasteiger partial charge in [0.15, 0.2) is 0 Å². The van der Waals surface area contributed by atoms with Crippen LogP contribution < -0.4 is 29.8 Å². The summed E-state index contributed by atoms with van der Waals surface area (Å²) in [5, 5.41) is 7.54. The SMILES string of the molecule is CC(C)(C)[Si](OC[C@H]1O[C@H](CO[Si](c2ccccc2)(c2ccccc2)C(C)(C)C)[C@@H](Op2oc3ccccc3c3ccccc3o2)[C@@H]1Op1oc2ccccc2c2ccccc2o1)(c1ccccc1)c1ccccc1.F[B-](F)(F)F.[CH]1[CH]CC[CH][CH]CC1.[Rh]. The molecule has 0 spiro atoms. The first-order valence-electron chi connectivity index (χ1n) is 29.8. The Kier molecular flexibility index (Phi) is 23.2. The molecular weight excluding hydrogens is 1290 g/mol. The minimum Gasteiger partial charge on any atom is -0.418 e. The summed E-state index contributed by atoms with van der Waals surface area (Å²) in [7, 11) is -16.6. The number of rotatable bonds is 14. The minimum absolute atomic E-state index is 0. The van der Waals surface area contributed by atoms with E-state index in [1.54, 1.807) is 0 Å². The molecule has 467 valence electrons. The summed E-state index contributed by atoms with van der Waals surface area (Å²) in [5.41, 5.74) is 2.57. The molecule has 0 N–H and O–H groups in total. The molecule has 0 unspecified atom stereocenters. The Morgan fingerprint density at radius 1 is 0.382 bits per heavy atom. The van der Waals surface area contributed by atoms with Crippen LogP contribution in [0, 0.1) is 25.7 Å². The van der Waals surface area contributed by atoms with Gasteiger partial charge in [-0.15, -0.1) is 0 Å². The zero-order chi connectivity index (χ0) is 61.8. The molecule has 9 nitrogen and oxygen atoms in total. The van der Waals surface area contributed by atoms with Crippen LogP contribution in [0.5, 0.6) is 0 Å². The third kappa shape index (κ3) is 16.3. The van der Waals surface area contributed by atoms with E-state index in [1.807, 2.05) is 97.1 Å². The number of ether oxygens (including phenoxy) is 1. The Balaban J connectivity index is 0.000000603. The van der Waals surface area contributed by atoms with Crippen LogP contribution >= 0.6 is 16.5 Å². The molecule has 0 amide bonds. The Morgan fingerprint density at radius 3 is 0.843 bits per heavy atom. The van der Waals surface area contributed by atoms with Crippen LogP contribution in [0.2, 0.25) is 10.1 Å². The van der Waals surface area contributed by atoms with Gasteiger partial charge in [0.2, 0.25) is 0 Å². The van der Waals surface area contributed by atoms with Crippen LogP contribution in [0.1, 0.15) is 67.2 Å². The van der Waals surface area contributed by atoms with Gasteiger partial charge in [0.25, 0.3) is 16.6 Å². The van der Waals surface area contributed by atoms with Crippen LogP contribution in [0.15, 0.2) is 235 Å². The van der Waals surface area contributed by atoms with E-state index >= 15 is 0 Å². The standard InChI is InChI=1S/C62H62O9P2Si2.C8H12.BF4.Rh/c1-61(2,3)74(45-27-11-7-12-28-45,46-29-13-8-14-30-46)63-43-57-59(70-72-66-53-39-23-19-35-49(53)50-36-20-24-40-54(50)67-72)60(71-73-68-55-41-25-21-37-51(55)52-38-22-26-42-56(52)69-73)58(65-57)44-64-75(62(4,5)6,47-31-15-9-16-32-47)48-33-17-10-18-34-48;1-2-4-6-8-7-5-3-1;2-1(3,4)5;/h7-42,57-60H,43-44H2,1-6H3;1-2,7-8H,3-6H2;;/q;;-1;/t57-,58-,59-,60-;;;/m1.../s1. The Hall–Kier alpha value is -5.80. The van der Waals surface area contributed by atoms with Crippen molar-refractivity contribution in [2.24, 2.45) is 0 Å². The fourth-order valence-electron chi connectivity index (χ4n) is 11.8. The molecule has 1 saturated heterocycles. The number of benzene rings is 8. The number of halogens is 4. The average Bonchev–Trinajstić information content (AvgIpc) is 1.03. The summed E-state index contributed by atoms with van der Waals surface area (Å²) in [6, 6.07) is 74.4. The minimum atomic E-state index is -6.00. The molecule has 2 aliphatic rings. The van der Waals surface area contributed by atoms with Gasteiger partial charge in [0, 0.05) is 41.0 Å². The molecule has 1 aliphatic heterocycles. The van der Waals surface area contributed by atoms with Crippen molar-refractivity contribution in [2.45, 2.75) is 102 Å². The van der Waals surface area contributed by atoms with Crippen molar-refractivity contribution in [1.82, 2.24) is 0 Å². The zero-order valence-corrected chi connectivity index (χ0v) is 56.1. The summed E-state index contributed by atoms with van der Waals surface area (Å²) >= 11 is 0. The first kappa shape index (κ1) is 67.6. The van der Waals surface area contributed by atoms with Crippen LogP contribution in [0.25, 0.3) is 43.9 Å². The molecule has 12 rings (SSSR count). The van der Waals surface area contributed by atoms with E-state index in [1.165, 1.54) is 25.7 Å². The molecule has 5 radical (unpaired) electrons. The first-order valence-corrected chi connectivity index (χ1v) is 35.8. The van der Waals surface area contributed by atoms with E-state index in [-0.39, 0.29) is 42.8 Å². The topological polar surface area (TPSA) is 98.7 Å². The summed E-state index contributed by atoms with van der Waals surface area (Å²) in [5.74, 6) is 0. The van der Waals surface area contributed by atoms with Gasteiger partial charge in [-0.1, -0.05) is 236 Å². The molecule has 1 saturated carbocycles. The van der Waals surface area contributed by atoms with Crippen molar-refractivity contribution < 1.29 is 76.2 Å². The van der Waals surface area contributed by atoms with Gasteiger partial charge < -0.3 is 47.6 Å². The fraction of sp³-hybridized carbons (Fsp3) is 0.257. The van der Waals surface area contributed by atoms with Gasteiger partial charge in [-0.25, -0.2) is 0 Å². The molecule has 2 fully saturated rings. The van der Waals surface area contributed by atoms with Gasteiger partial charge in [-0.05, 0) is 106 Å². The van der Waals surface area contributed by atoms with E-state index in [2.05, 4.69) is 189 Å². The van der Waals surface area contributed by atoms with Crippen molar-refractivity contribution in [3.8, 4) is 0 Å². The molecule has 4 atom stereocenters. The molecule has 1 aliphatic carbocycles. The second kappa shape index (κ2) is 30.5. The number of fused-ring (bicyclic) bond motifs is 6. The maximum Gasteiger partial charge on any atom is 0.673 e. The molecule has 8 aromatic carbocycles. The fourth-order valence-corrected chi connectivity index (χ4v) is 23.4. The summed E-state index contributed by atoms with van der Waals surface area (Å²) in [6.45, 7) is 13.9. The number of hydrogen-bond donors (Lipinski definition) is 0. The van der Waals surface area contributed by atoms with Crippen molar-refractivity contribution >= 4 is 105 Å². The normalized spacial score (nSPS) is 17.6. The first-order chi connectivity index (χ1) is 42.4. The van der Waals surface area contributed by atoms with Gasteiger partial charge in [-0.3, -0.25) is 9.05 Å². The smallest absolute Gasteiger partial charge is 0.418 e. The monoisotopic (exact) mass is 1370 g/mol. The summed E-state index contributed by atoms with van der Waals surface area (Å²) in [4.78, 5) is 0. The number of hydrogen-bond acceptors (Lipinski definition) is 9. The van der Waals surface area contributed by atoms with Gasteiger partial charge in [0.05, 0.1) is 13.2 Å². The van der Waals surface area contributed by atoms with Crippen molar-refractivity contribution in [3.05, 3.63) is 244 Å². The number of para-hydroxylation sites is 4. The van der Waals surface area contributed by atoms with Gasteiger partial charge in [0.1, 0.15) is 46.7 Å². The molecular formula is C70H74BF4O9P2RhSi2-. The average molecular weight is 1370 g/mol. The van der Waals surface area contributed by atoms with Crippen molar-refractivity contribution in [2.75, 3.05) is 13.2 Å². The Bertz CT molecular complexity index is 3450. The van der Waals surface area contributed by atoms with Crippen LogP contribution in [0.4, 0.5) is 17.3 Å². The molecule has 0 bridgehead atoms. The second-order valence-corrected chi connectivity index (χ2v) is 34.3. The zero-order valence-electron chi connectivity index (χ0n) is 50.6. The van der Waals surface area contributed by atoms with Crippen LogP contribution in [-0.4, -0.2) is 61.5 Å². The summed E-state index contributed by atoms with van der Waals surface area (Å²) < 4.78 is 104. The molecule has 89 heavy (non-hydrogen) atoms. The van der Waals surface area contributed by atoms with E-state index in [0.29, 0.717) is 22.3 Å². The maximum absolute atomic E-state index is 9.75. The van der Waals surface area contributed by atoms with E-state index < -0.39 is 64.8 Å². The predicted octanol–water partition coefficient (Wildman–Crippen LogP) is 17.8. The molecule has 3 heterocycles. The van der Waals surface area contributed by atoms with Crippen LogP contribution in [-0.2, 0) is 33.1 Å². The Morgan fingerprint density at radius 2 is 0.607 bits per heavy atom. The second-order valence-electron chi connectivity index (χ2n) is 23.7.